The van der Waals surface area contributed by atoms with Crippen LogP contribution in [0.25, 0.3) is 0 Å². The lowest BCUT2D eigenvalue weighted by atomic mass is 9.88. The van der Waals surface area contributed by atoms with E-state index in [0.717, 1.165) is 15.9 Å². The zero-order valence-corrected chi connectivity index (χ0v) is 13.7. The second-order valence-corrected chi connectivity index (χ2v) is 8.33. The number of hydrogen-bond donors (Lipinski definition) is 1. The maximum Gasteiger partial charge on any atom is 0.252 e. The first-order valence-corrected chi connectivity index (χ1v) is 9.12. The molecule has 1 fully saturated rings. The van der Waals surface area contributed by atoms with Crippen LogP contribution in [0.4, 0.5) is 0 Å². The van der Waals surface area contributed by atoms with Gasteiger partial charge in [-0.05, 0) is 41.1 Å². The average molecular weight is 348 g/mol. The molecule has 1 saturated carbocycles. The standard InChI is InChI=1S/C13H18BrNOS2/c1-17-13(5-3-2-4-6-13)9-15-12(16)10-7-11(14)18-8-10/h7-8H,2-6,9H2,1H3,(H,15,16). The van der Waals surface area contributed by atoms with E-state index in [0.29, 0.717) is 0 Å². The zero-order valence-electron chi connectivity index (χ0n) is 10.5. The maximum atomic E-state index is 12.0. The van der Waals surface area contributed by atoms with Gasteiger partial charge in [0.25, 0.3) is 5.91 Å². The number of carbonyl (C=O) groups is 1. The van der Waals surface area contributed by atoms with Gasteiger partial charge in [0.05, 0.1) is 9.35 Å². The molecule has 0 aromatic carbocycles. The van der Waals surface area contributed by atoms with Crippen molar-refractivity contribution in [1.29, 1.82) is 0 Å². The quantitative estimate of drug-likeness (QED) is 0.879. The van der Waals surface area contributed by atoms with E-state index in [1.807, 2.05) is 23.2 Å². The normalized spacial score (nSPS) is 18.6. The lowest BCUT2D eigenvalue weighted by Gasteiger charge is -2.35. The fourth-order valence-electron chi connectivity index (χ4n) is 2.42. The summed E-state index contributed by atoms with van der Waals surface area (Å²) < 4.78 is 1.27. The van der Waals surface area contributed by atoms with Crippen LogP contribution in [0.3, 0.4) is 0 Å². The number of thiophene rings is 1. The minimum atomic E-state index is 0.0518. The van der Waals surface area contributed by atoms with Crippen molar-refractivity contribution in [2.75, 3.05) is 12.8 Å². The zero-order chi connectivity index (χ0) is 13.0. The molecule has 1 N–H and O–H groups in total. The van der Waals surface area contributed by atoms with Gasteiger partial charge in [-0.15, -0.1) is 11.3 Å². The van der Waals surface area contributed by atoms with E-state index in [-0.39, 0.29) is 10.7 Å². The summed E-state index contributed by atoms with van der Waals surface area (Å²) in [6.45, 7) is 0.792. The minimum absolute atomic E-state index is 0.0518. The minimum Gasteiger partial charge on any atom is -0.351 e. The molecule has 0 spiro atoms. The number of nitrogens with one attached hydrogen (secondary N) is 1. The number of thioether (sulfide) groups is 1. The molecule has 2 rings (SSSR count). The van der Waals surface area contributed by atoms with Gasteiger partial charge in [-0.3, -0.25) is 4.79 Å². The Morgan fingerprint density at radius 2 is 2.22 bits per heavy atom. The van der Waals surface area contributed by atoms with Crippen LogP contribution in [-0.4, -0.2) is 23.5 Å². The van der Waals surface area contributed by atoms with E-state index >= 15 is 0 Å². The summed E-state index contributed by atoms with van der Waals surface area (Å²) in [6, 6.07) is 1.88. The summed E-state index contributed by atoms with van der Waals surface area (Å²) in [5.41, 5.74) is 0.763. The topological polar surface area (TPSA) is 29.1 Å². The lowest BCUT2D eigenvalue weighted by molar-refractivity contribution is 0.0947. The van der Waals surface area contributed by atoms with Crippen LogP contribution in [0, 0.1) is 0 Å². The van der Waals surface area contributed by atoms with Gasteiger partial charge in [0.2, 0.25) is 0 Å². The van der Waals surface area contributed by atoms with Crippen molar-refractivity contribution in [2.45, 2.75) is 36.9 Å². The second kappa shape index (κ2) is 6.44. The smallest absolute Gasteiger partial charge is 0.252 e. The number of halogens is 1. The molecular weight excluding hydrogens is 330 g/mol. The van der Waals surface area contributed by atoms with Gasteiger partial charge in [-0.25, -0.2) is 0 Å². The molecule has 18 heavy (non-hydrogen) atoms. The molecule has 1 heterocycles. The Kier molecular flexibility index (Phi) is 5.15. The van der Waals surface area contributed by atoms with Crippen LogP contribution in [0.5, 0.6) is 0 Å². The highest BCUT2D eigenvalue weighted by molar-refractivity contribution is 9.11. The Bertz CT molecular complexity index is 413. The monoisotopic (exact) mass is 347 g/mol. The summed E-state index contributed by atoms with van der Waals surface area (Å²) in [4.78, 5) is 12.0. The summed E-state index contributed by atoms with van der Waals surface area (Å²) in [7, 11) is 0. The number of rotatable bonds is 4. The van der Waals surface area contributed by atoms with E-state index in [9.17, 15) is 4.79 Å². The van der Waals surface area contributed by atoms with Crippen molar-refractivity contribution in [3.05, 3.63) is 20.8 Å². The Morgan fingerprint density at radius 3 is 2.78 bits per heavy atom. The predicted octanol–water partition coefficient (Wildman–Crippen LogP) is 4.31. The first kappa shape index (κ1) is 14.4. The molecule has 2 nitrogen and oxygen atoms in total. The molecule has 0 saturated heterocycles. The largest absolute Gasteiger partial charge is 0.351 e. The van der Waals surface area contributed by atoms with Gasteiger partial charge in [0, 0.05) is 16.7 Å². The van der Waals surface area contributed by atoms with Crippen molar-refractivity contribution in [3.8, 4) is 0 Å². The van der Waals surface area contributed by atoms with Crippen LogP contribution in [0.15, 0.2) is 15.2 Å². The molecule has 100 valence electrons. The predicted molar refractivity (Wildman–Crippen MR) is 83.7 cm³/mol. The van der Waals surface area contributed by atoms with Gasteiger partial charge < -0.3 is 5.32 Å². The van der Waals surface area contributed by atoms with Gasteiger partial charge in [0.15, 0.2) is 0 Å². The molecule has 1 aliphatic rings. The van der Waals surface area contributed by atoms with Crippen LogP contribution < -0.4 is 5.32 Å². The molecule has 1 aromatic heterocycles. The molecule has 1 amide bonds. The third-order valence-corrected chi connectivity index (χ3v) is 6.52. The highest BCUT2D eigenvalue weighted by atomic mass is 79.9. The number of amides is 1. The van der Waals surface area contributed by atoms with Crippen LogP contribution in [0.1, 0.15) is 42.5 Å². The molecule has 1 aromatic rings. The Balaban J connectivity index is 1.91. The van der Waals surface area contributed by atoms with Crippen molar-refractivity contribution in [2.24, 2.45) is 0 Å². The van der Waals surface area contributed by atoms with Crippen molar-refractivity contribution < 1.29 is 4.79 Å². The van der Waals surface area contributed by atoms with Crippen LogP contribution in [0.2, 0.25) is 0 Å². The van der Waals surface area contributed by atoms with Gasteiger partial charge in [-0.2, -0.15) is 11.8 Å². The number of hydrogen-bond acceptors (Lipinski definition) is 3. The fraction of sp³-hybridized carbons (Fsp3) is 0.615. The Hall–Kier alpha value is -0.000000000000000111. The molecule has 0 radical (unpaired) electrons. The van der Waals surface area contributed by atoms with E-state index < -0.39 is 0 Å². The number of carbonyl (C=O) groups excluding carboxylic acids is 1. The van der Waals surface area contributed by atoms with Crippen molar-refractivity contribution >= 4 is 44.9 Å². The molecule has 1 aliphatic carbocycles. The molecule has 0 bridgehead atoms. The molecule has 0 unspecified atom stereocenters. The third-order valence-electron chi connectivity index (χ3n) is 3.60. The van der Waals surface area contributed by atoms with E-state index in [1.165, 1.54) is 32.1 Å². The van der Waals surface area contributed by atoms with Crippen LogP contribution in [-0.2, 0) is 0 Å². The van der Waals surface area contributed by atoms with Gasteiger partial charge in [-0.1, -0.05) is 19.3 Å². The average Bonchev–Trinajstić information content (AvgIpc) is 2.84. The molecule has 0 aliphatic heterocycles. The summed E-state index contributed by atoms with van der Waals surface area (Å²) >= 11 is 6.85. The summed E-state index contributed by atoms with van der Waals surface area (Å²) in [5, 5.41) is 4.99. The first-order chi connectivity index (χ1) is 8.65. The molecular formula is C13H18BrNOS2. The first-order valence-electron chi connectivity index (χ1n) is 6.23. The van der Waals surface area contributed by atoms with E-state index in [1.54, 1.807) is 11.3 Å². The van der Waals surface area contributed by atoms with Gasteiger partial charge >= 0.3 is 0 Å². The SMILES string of the molecule is CSC1(CNC(=O)c2csc(Br)c2)CCCCC1. The lowest BCUT2D eigenvalue weighted by Crippen LogP contribution is -2.41. The van der Waals surface area contributed by atoms with E-state index in [4.69, 9.17) is 0 Å². The van der Waals surface area contributed by atoms with Crippen molar-refractivity contribution in [3.63, 3.8) is 0 Å². The fourth-order valence-corrected chi connectivity index (χ4v) is 4.47. The molecule has 0 atom stereocenters. The highest BCUT2D eigenvalue weighted by Crippen LogP contribution is 2.38. The van der Waals surface area contributed by atoms with Crippen molar-refractivity contribution in [1.82, 2.24) is 5.32 Å². The Morgan fingerprint density at radius 1 is 1.50 bits per heavy atom. The summed E-state index contributed by atoms with van der Waals surface area (Å²) in [5.74, 6) is 0.0518. The van der Waals surface area contributed by atoms with Crippen LogP contribution >= 0.6 is 39.0 Å². The Labute approximate surface area is 125 Å². The maximum absolute atomic E-state index is 12.0. The second-order valence-electron chi connectivity index (χ2n) is 4.77. The third kappa shape index (κ3) is 3.52. The highest BCUT2D eigenvalue weighted by Gasteiger charge is 2.31. The summed E-state index contributed by atoms with van der Waals surface area (Å²) in [6.07, 6.45) is 8.54. The van der Waals surface area contributed by atoms with E-state index in [2.05, 4.69) is 27.5 Å². The van der Waals surface area contributed by atoms with Gasteiger partial charge in [0.1, 0.15) is 0 Å². The molecule has 5 heteroatoms.